The number of aryl methyl sites for hydroxylation is 1. The Hall–Kier alpha value is -1.80. The Bertz CT molecular complexity index is 534. The van der Waals surface area contributed by atoms with Gasteiger partial charge in [0, 0.05) is 19.6 Å². The lowest BCUT2D eigenvalue weighted by molar-refractivity contribution is 0.0495. The van der Waals surface area contributed by atoms with Crippen LogP contribution in [0.2, 0.25) is 0 Å². The van der Waals surface area contributed by atoms with Gasteiger partial charge in [-0.15, -0.1) is 5.10 Å². The van der Waals surface area contributed by atoms with Gasteiger partial charge >= 0.3 is 0 Å². The number of hydrogen-bond donors (Lipinski definition) is 1. The first kappa shape index (κ1) is 11.3. The van der Waals surface area contributed by atoms with Crippen LogP contribution in [0.25, 0.3) is 11.2 Å². The van der Waals surface area contributed by atoms with Crippen LogP contribution in [-0.4, -0.2) is 56.3 Å². The van der Waals surface area contributed by atoms with E-state index in [0.717, 1.165) is 38.5 Å². The highest BCUT2D eigenvalue weighted by atomic mass is 16.5. The fourth-order valence-electron chi connectivity index (χ4n) is 1.91. The first-order valence-electron chi connectivity index (χ1n) is 6.02. The van der Waals surface area contributed by atoms with Crippen LogP contribution in [0.5, 0.6) is 0 Å². The van der Waals surface area contributed by atoms with Gasteiger partial charge in [-0.2, -0.15) is 0 Å². The van der Waals surface area contributed by atoms with Gasteiger partial charge in [-0.25, -0.2) is 19.7 Å². The maximum atomic E-state index is 5.30. The molecule has 1 fully saturated rings. The predicted octanol–water partition coefficient (Wildman–Crippen LogP) is -0.0997. The zero-order chi connectivity index (χ0) is 12.4. The van der Waals surface area contributed by atoms with Gasteiger partial charge in [-0.3, -0.25) is 0 Å². The number of hydrazine groups is 1. The molecule has 3 heterocycles. The van der Waals surface area contributed by atoms with E-state index in [-0.39, 0.29) is 0 Å². The monoisotopic (exact) mass is 249 g/mol. The number of hydrogen-bond acceptors (Lipinski definition) is 7. The quantitative estimate of drug-likeness (QED) is 0.813. The van der Waals surface area contributed by atoms with E-state index in [0.29, 0.717) is 11.3 Å². The second kappa shape index (κ2) is 4.83. The van der Waals surface area contributed by atoms with Crippen molar-refractivity contribution in [1.29, 1.82) is 0 Å². The summed E-state index contributed by atoms with van der Waals surface area (Å²) in [6, 6.07) is 0. The van der Waals surface area contributed by atoms with Crippen LogP contribution in [0.1, 0.15) is 6.92 Å². The van der Waals surface area contributed by atoms with E-state index in [4.69, 9.17) is 4.74 Å². The molecule has 96 valence electrons. The van der Waals surface area contributed by atoms with Crippen LogP contribution in [0.3, 0.4) is 0 Å². The van der Waals surface area contributed by atoms with Gasteiger partial charge in [-0.05, 0) is 6.92 Å². The zero-order valence-corrected chi connectivity index (χ0v) is 10.2. The minimum atomic E-state index is 0.696. The molecule has 2 aromatic heterocycles. The second-order valence-corrected chi connectivity index (χ2v) is 4.01. The SMILES string of the molecule is CCn1nnc2c(NN3CCOCC3)ncnc21. The number of aromatic nitrogens is 5. The van der Waals surface area contributed by atoms with Gasteiger partial charge in [0.1, 0.15) is 6.33 Å². The van der Waals surface area contributed by atoms with Crippen molar-refractivity contribution in [2.75, 3.05) is 31.7 Å². The molecule has 18 heavy (non-hydrogen) atoms. The molecule has 2 aromatic rings. The molecule has 0 unspecified atom stereocenters. The Kier molecular flexibility index (Phi) is 3.03. The second-order valence-electron chi connectivity index (χ2n) is 4.01. The summed E-state index contributed by atoms with van der Waals surface area (Å²) in [6.45, 7) is 5.85. The third-order valence-corrected chi connectivity index (χ3v) is 2.87. The fraction of sp³-hybridized carbons (Fsp3) is 0.600. The summed E-state index contributed by atoms with van der Waals surface area (Å²) in [5, 5.41) is 10.2. The number of anilines is 1. The summed E-state index contributed by atoms with van der Waals surface area (Å²) in [7, 11) is 0. The van der Waals surface area contributed by atoms with E-state index in [1.54, 1.807) is 4.68 Å². The minimum absolute atomic E-state index is 0.696. The van der Waals surface area contributed by atoms with Crippen LogP contribution in [0.15, 0.2) is 6.33 Å². The zero-order valence-electron chi connectivity index (χ0n) is 10.2. The van der Waals surface area contributed by atoms with Gasteiger partial charge in [-0.1, -0.05) is 5.21 Å². The Morgan fingerprint density at radius 2 is 2.17 bits per heavy atom. The Morgan fingerprint density at radius 3 is 2.94 bits per heavy atom. The lowest BCUT2D eigenvalue weighted by Gasteiger charge is -2.27. The third kappa shape index (κ3) is 2.00. The molecule has 0 spiro atoms. The number of fused-ring (bicyclic) bond motifs is 1. The number of nitrogens with one attached hydrogen (secondary N) is 1. The van der Waals surface area contributed by atoms with Crippen LogP contribution in [0, 0.1) is 0 Å². The molecule has 0 atom stereocenters. The van der Waals surface area contributed by atoms with Gasteiger partial charge in [0.05, 0.1) is 13.2 Å². The van der Waals surface area contributed by atoms with Crippen molar-refractivity contribution < 1.29 is 4.74 Å². The molecule has 1 aliphatic heterocycles. The van der Waals surface area contributed by atoms with Crippen molar-refractivity contribution in [2.45, 2.75) is 13.5 Å². The Labute approximate surface area is 104 Å². The molecule has 0 bridgehead atoms. The molecule has 0 saturated carbocycles. The molecule has 0 aliphatic carbocycles. The molecule has 1 aliphatic rings. The predicted molar refractivity (Wildman–Crippen MR) is 64.8 cm³/mol. The first-order chi connectivity index (χ1) is 8.88. The molecular formula is C10H15N7O. The summed E-state index contributed by atoms with van der Waals surface area (Å²) >= 11 is 0. The van der Waals surface area contributed by atoms with Crippen molar-refractivity contribution in [1.82, 2.24) is 30.0 Å². The lowest BCUT2D eigenvalue weighted by Crippen LogP contribution is -2.40. The summed E-state index contributed by atoms with van der Waals surface area (Å²) in [6.07, 6.45) is 1.53. The van der Waals surface area contributed by atoms with Crippen molar-refractivity contribution in [3.8, 4) is 0 Å². The first-order valence-corrected chi connectivity index (χ1v) is 6.02. The summed E-state index contributed by atoms with van der Waals surface area (Å²) < 4.78 is 7.05. The molecule has 1 N–H and O–H groups in total. The maximum absolute atomic E-state index is 5.30. The Morgan fingerprint density at radius 1 is 1.33 bits per heavy atom. The average molecular weight is 249 g/mol. The van der Waals surface area contributed by atoms with Crippen molar-refractivity contribution in [2.24, 2.45) is 0 Å². The molecule has 0 aromatic carbocycles. The van der Waals surface area contributed by atoms with E-state index in [1.165, 1.54) is 6.33 Å². The highest BCUT2D eigenvalue weighted by molar-refractivity contribution is 5.81. The maximum Gasteiger partial charge on any atom is 0.183 e. The van der Waals surface area contributed by atoms with Crippen LogP contribution in [0.4, 0.5) is 5.82 Å². The lowest BCUT2D eigenvalue weighted by atomic mass is 10.4. The van der Waals surface area contributed by atoms with Gasteiger partial charge in [0.2, 0.25) is 0 Å². The molecule has 0 radical (unpaired) electrons. The minimum Gasteiger partial charge on any atom is -0.379 e. The smallest absolute Gasteiger partial charge is 0.183 e. The van der Waals surface area contributed by atoms with Crippen molar-refractivity contribution in [3.05, 3.63) is 6.33 Å². The largest absolute Gasteiger partial charge is 0.379 e. The third-order valence-electron chi connectivity index (χ3n) is 2.87. The average Bonchev–Trinajstić information content (AvgIpc) is 2.84. The summed E-state index contributed by atoms with van der Waals surface area (Å²) in [5.74, 6) is 0.696. The molecule has 3 rings (SSSR count). The van der Waals surface area contributed by atoms with Gasteiger partial charge in [0.15, 0.2) is 17.0 Å². The van der Waals surface area contributed by atoms with Crippen LogP contribution >= 0.6 is 0 Å². The highest BCUT2D eigenvalue weighted by Crippen LogP contribution is 2.16. The van der Waals surface area contributed by atoms with E-state index in [1.807, 2.05) is 6.92 Å². The molecular weight excluding hydrogens is 234 g/mol. The van der Waals surface area contributed by atoms with Crippen LogP contribution < -0.4 is 5.43 Å². The number of rotatable bonds is 3. The molecule has 1 saturated heterocycles. The van der Waals surface area contributed by atoms with Crippen molar-refractivity contribution >= 4 is 17.0 Å². The summed E-state index contributed by atoms with van der Waals surface area (Å²) in [5.41, 5.74) is 4.70. The Balaban J connectivity index is 1.89. The van der Waals surface area contributed by atoms with Gasteiger partial charge in [0.25, 0.3) is 0 Å². The molecule has 0 amide bonds. The fourth-order valence-corrected chi connectivity index (χ4v) is 1.91. The number of nitrogens with zero attached hydrogens (tertiary/aromatic N) is 6. The molecule has 8 nitrogen and oxygen atoms in total. The normalized spacial score (nSPS) is 17.2. The number of morpholine rings is 1. The van der Waals surface area contributed by atoms with Gasteiger partial charge < -0.3 is 10.2 Å². The summed E-state index contributed by atoms with van der Waals surface area (Å²) in [4.78, 5) is 8.44. The number of ether oxygens (including phenoxy) is 1. The standard InChI is InChI=1S/C10H15N7O/c1-2-17-10-8(13-15-17)9(11-7-12-10)14-16-3-5-18-6-4-16/h7H,2-6H2,1H3,(H,11,12,14). The van der Waals surface area contributed by atoms with E-state index in [2.05, 4.69) is 30.7 Å². The highest BCUT2D eigenvalue weighted by Gasteiger charge is 2.15. The van der Waals surface area contributed by atoms with E-state index < -0.39 is 0 Å². The van der Waals surface area contributed by atoms with Crippen molar-refractivity contribution in [3.63, 3.8) is 0 Å². The molecule has 8 heteroatoms. The van der Waals surface area contributed by atoms with Crippen LogP contribution in [-0.2, 0) is 11.3 Å². The van der Waals surface area contributed by atoms with E-state index in [9.17, 15) is 0 Å². The topological polar surface area (TPSA) is 81.0 Å². The van der Waals surface area contributed by atoms with E-state index >= 15 is 0 Å².